The van der Waals surface area contributed by atoms with Crippen LogP contribution in [-0.4, -0.2) is 32.8 Å². The number of aromatic nitrogens is 2. The van der Waals surface area contributed by atoms with Crippen LogP contribution >= 0.6 is 0 Å². The summed E-state index contributed by atoms with van der Waals surface area (Å²) in [5.41, 5.74) is 0.352. The molecule has 0 spiro atoms. The molecule has 1 saturated carbocycles. The van der Waals surface area contributed by atoms with Gasteiger partial charge in [0.15, 0.2) is 0 Å². The number of benzene rings is 2. The molecule has 2 amide bonds. The standard InChI is InChI=1S/C30H28F2N4O4/c31-20-8-2-7-19(15-20)28(18-5-1-6-18)34-29(38)27-21-9-3-10-22(32)26(21)30(39)36(17-24-33-12-14-40-24)23(27)16-35-13-4-11-25(35)37/h2-3,7-10,12,14-15,18,28H,1,4-6,11,13,16-17H2,(H,34,38)/t28-/m0/s1. The monoisotopic (exact) mass is 546 g/mol. The minimum absolute atomic E-state index is 0.0158. The second-order valence-electron chi connectivity index (χ2n) is 10.4. The third-order valence-corrected chi connectivity index (χ3v) is 7.99. The number of halogens is 2. The van der Waals surface area contributed by atoms with Crippen molar-refractivity contribution in [2.75, 3.05) is 6.54 Å². The van der Waals surface area contributed by atoms with Gasteiger partial charge in [0.2, 0.25) is 11.8 Å². The van der Waals surface area contributed by atoms with Crippen LogP contribution in [0, 0.1) is 17.6 Å². The van der Waals surface area contributed by atoms with Crippen LogP contribution in [0.3, 0.4) is 0 Å². The van der Waals surface area contributed by atoms with Gasteiger partial charge in [0, 0.05) is 18.4 Å². The summed E-state index contributed by atoms with van der Waals surface area (Å²) in [4.78, 5) is 46.3. The molecule has 4 aromatic rings. The Hall–Kier alpha value is -4.34. The molecule has 1 aliphatic heterocycles. The highest BCUT2D eigenvalue weighted by Gasteiger charge is 2.33. The van der Waals surface area contributed by atoms with Gasteiger partial charge in [0.05, 0.1) is 35.4 Å². The quantitative estimate of drug-likeness (QED) is 0.345. The van der Waals surface area contributed by atoms with E-state index in [1.54, 1.807) is 23.1 Å². The summed E-state index contributed by atoms with van der Waals surface area (Å²) < 4.78 is 36.1. The summed E-state index contributed by atoms with van der Waals surface area (Å²) in [6.07, 6.45) is 6.57. The van der Waals surface area contributed by atoms with Gasteiger partial charge >= 0.3 is 0 Å². The number of rotatable bonds is 8. The molecule has 2 aliphatic rings. The summed E-state index contributed by atoms with van der Waals surface area (Å²) in [7, 11) is 0. The van der Waals surface area contributed by atoms with E-state index in [0.29, 0.717) is 24.9 Å². The zero-order valence-electron chi connectivity index (χ0n) is 21.7. The number of oxazole rings is 1. The van der Waals surface area contributed by atoms with Gasteiger partial charge < -0.3 is 19.2 Å². The van der Waals surface area contributed by atoms with E-state index in [9.17, 15) is 18.8 Å². The fourth-order valence-electron chi connectivity index (χ4n) is 5.76. The lowest BCUT2D eigenvalue weighted by Gasteiger charge is -2.35. The molecule has 8 nitrogen and oxygen atoms in total. The number of likely N-dealkylation sites (tertiary alicyclic amines) is 1. The van der Waals surface area contributed by atoms with Crippen molar-refractivity contribution in [1.29, 1.82) is 0 Å². The number of amides is 2. The van der Waals surface area contributed by atoms with Gasteiger partial charge in [-0.05, 0) is 48.9 Å². The van der Waals surface area contributed by atoms with Crippen molar-refractivity contribution >= 4 is 22.6 Å². The van der Waals surface area contributed by atoms with Gasteiger partial charge in [-0.3, -0.25) is 14.4 Å². The van der Waals surface area contributed by atoms with E-state index in [-0.39, 0.29) is 52.8 Å². The average molecular weight is 547 g/mol. The molecule has 2 aromatic carbocycles. The minimum Gasteiger partial charge on any atom is -0.447 e. The van der Waals surface area contributed by atoms with Crippen molar-refractivity contribution in [1.82, 2.24) is 19.8 Å². The Balaban J connectivity index is 1.53. The zero-order chi connectivity index (χ0) is 27.8. The van der Waals surface area contributed by atoms with E-state index in [4.69, 9.17) is 4.42 Å². The molecule has 2 aromatic heterocycles. The molecular formula is C30H28F2N4O4. The number of fused-ring (bicyclic) bond motifs is 1. The molecule has 10 heteroatoms. The number of nitrogens with one attached hydrogen (secondary N) is 1. The molecular weight excluding hydrogens is 518 g/mol. The summed E-state index contributed by atoms with van der Waals surface area (Å²) in [6.45, 7) is 0.310. The number of carbonyl (C=O) groups excluding carboxylic acids is 2. The Labute approximate surface area is 228 Å². The van der Waals surface area contributed by atoms with Crippen LogP contribution in [0.2, 0.25) is 0 Å². The third kappa shape index (κ3) is 4.78. The van der Waals surface area contributed by atoms with E-state index < -0.39 is 29.1 Å². The SMILES string of the molecule is O=C(N[C@H](c1cccc(F)c1)C1CCC1)c1c(CN2CCCC2=O)n(Cc2ncco2)c(=O)c2c(F)cccc12. The van der Waals surface area contributed by atoms with Gasteiger partial charge in [0.25, 0.3) is 11.5 Å². The second-order valence-corrected chi connectivity index (χ2v) is 10.4. The van der Waals surface area contributed by atoms with Gasteiger partial charge in [0.1, 0.15) is 24.4 Å². The number of hydrogen-bond donors (Lipinski definition) is 1. The lowest BCUT2D eigenvalue weighted by atomic mass is 9.77. The van der Waals surface area contributed by atoms with Gasteiger partial charge in [-0.2, -0.15) is 0 Å². The predicted molar refractivity (Wildman–Crippen MR) is 142 cm³/mol. The maximum atomic E-state index is 15.2. The van der Waals surface area contributed by atoms with E-state index in [2.05, 4.69) is 10.3 Å². The molecule has 1 saturated heterocycles. The van der Waals surface area contributed by atoms with Crippen molar-refractivity contribution in [3.8, 4) is 0 Å². The van der Waals surface area contributed by atoms with E-state index >= 15 is 4.39 Å². The Kier molecular flexibility index (Phi) is 6.91. The van der Waals surface area contributed by atoms with Crippen LogP contribution in [0.4, 0.5) is 8.78 Å². The summed E-state index contributed by atoms with van der Waals surface area (Å²) in [5.74, 6) is -1.48. The first-order valence-corrected chi connectivity index (χ1v) is 13.5. The highest BCUT2D eigenvalue weighted by molar-refractivity contribution is 6.08. The molecule has 1 atom stereocenters. The molecule has 0 unspecified atom stereocenters. The predicted octanol–water partition coefficient (Wildman–Crippen LogP) is 4.71. The summed E-state index contributed by atoms with van der Waals surface area (Å²) >= 11 is 0. The molecule has 6 rings (SSSR count). The van der Waals surface area contributed by atoms with Gasteiger partial charge in [-0.15, -0.1) is 0 Å². The molecule has 1 aliphatic carbocycles. The number of pyridine rings is 1. The lowest BCUT2D eigenvalue weighted by molar-refractivity contribution is -0.128. The molecule has 0 bridgehead atoms. The molecule has 2 fully saturated rings. The Morgan fingerprint density at radius 1 is 1.10 bits per heavy atom. The number of carbonyl (C=O) groups is 2. The molecule has 1 N–H and O–H groups in total. The van der Waals surface area contributed by atoms with Crippen molar-refractivity contribution in [3.63, 3.8) is 0 Å². The average Bonchev–Trinajstić information content (AvgIpc) is 3.56. The zero-order valence-corrected chi connectivity index (χ0v) is 21.7. The van der Waals surface area contributed by atoms with Crippen molar-refractivity contribution in [2.45, 2.75) is 51.2 Å². The van der Waals surface area contributed by atoms with Crippen LogP contribution in [0.5, 0.6) is 0 Å². The summed E-state index contributed by atoms with van der Waals surface area (Å²) in [6, 6.07) is 9.83. The smallest absolute Gasteiger partial charge is 0.262 e. The number of nitrogens with zero attached hydrogens (tertiary/aromatic N) is 3. The fourth-order valence-corrected chi connectivity index (χ4v) is 5.76. The highest BCUT2D eigenvalue weighted by Crippen LogP contribution is 2.38. The van der Waals surface area contributed by atoms with Crippen LogP contribution in [0.25, 0.3) is 10.8 Å². The maximum absolute atomic E-state index is 15.2. The second kappa shape index (κ2) is 10.7. The van der Waals surface area contributed by atoms with Gasteiger partial charge in [-0.1, -0.05) is 30.7 Å². The first-order chi connectivity index (χ1) is 19.4. The van der Waals surface area contributed by atoms with Crippen molar-refractivity contribution in [3.05, 3.63) is 99.6 Å². The third-order valence-electron chi connectivity index (χ3n) is 7.99. The first-order valence-electron chi connectivity index (χ1n) is 13.5. The van der Waals surface area contributed by atoms with E-state index in [0.717, 1.165) is 19.3 Å². The highest BCUT2D eigenvalue weighted by atomic mass is 19.1. The summed E-state index contributed by atoms with van der Waals surface area (Å²) in [5, 5.41) is 3.00. The van der Waals surface area contributed by atoms with Crippen LogP contribution in [-0.2, 0) is 17.9 Å². The van der Waals surface area contributed by atoms with E-state index in [1.165, 1.54) is 41.3 Å². The normalized spacial score (nSPS) is 16.4. The van der Waals surface area contributed by atoms with Crippen molar-refractivity contribution < 1.29 is 22.8 Å². The lowest BCUT2D eigenvalue weighted by Crippen LogP contribution is -2.39. The minimum atomic E-state index is -0.762. The maximum Gasteiger partial charge on any atom is 0.262 e. The Morgan fingerprint density at radius 3 is 2.60 bits per heavy atom. The van der Waals surface area contributed by atoms with Crippen LogP contribution in [0.1, 0.15) is 65.7 Å². The van der Waals surface area contributed by atoms with Crippen LogP contribution in [0.15, 0.2) is 64.1 Å². The Morgan fingerprint density at radius 2 is 1.93 bits per heavy atom. The van der Waals surface area contributed by atoms with Gasteiger partial charge in [-0.25, -0.2) is 13.8 Å². The molecule has 0 radical (unpaired) electrons. The topological polar surface area (TPSA) is 97.4 Å². The van der Waals surface area contributed by atoms with Crippen molar-refractivity contribution in [2.24, 2.45) is 5.92 Å². The van der Waals surface area contributed by atoms with E-state index in [1.807, 2.05) is 0 Å². The molecule has 40 heavy (non-hydrogen) atoms. The number of hydrogen-bond acceptors (Lipinski definition) is 5. The fraction of sp³-hybridized carbons (Fsp3) is 0.333. The van der Waals surface area contributed by atoms with Crippen LogP contribution < -0.4 is 10.9 Å². The largest absolute Gasteiger partial charge is 0.447 e. The molecule has 206 valence electrons. The molecule has 3 heterocycles. The Bertz CT molecular complexity index is 1650. The first kappa shape index (κ1) is 25.9.